The fraction of sp³-hybridized carbons (Fsp3) is 0.438. The van der Waals surface area contributed by atoms with Crippen LogP contribution in [0.1, 0.15) is 42.8 Å². The molecule has 2 heterocycles. The third-order valence-corrected chi connectivity index (χ3v) is 3.77. The van der Waals surface area contributed by atoms with Gasteiger partial charge in [0.15, 0.2) is 0 Å². The normalized spacial score (nSPS) is 19.9. The number of nitrogens with zero attached hydrogens (tertiary/aromatic N) is 1. The molecule has 0 bridgehead atoms. The molecule has 2 aromatic heterocycles. The summed E-state index contributed by atoms with van der Waals surface area (Å²) in [6, 6.07) is 8.99. The fourth-order valence-electron chi connectivity index (χ4n) is 2.90. The van der Waals surface area contributed by atoms with Crippen LogP contribution in [0.3, 0.4) is 0 Å². The summed E-state index contributed by atoms with van der Waals surface area (Å²) < 4.78 is 5.41. The molecule has 3 nitrogen and oxygen atoms in total. The zero-order valence-corrected chi connectivity index (χ0v) is 11.3. The molecule has 2 atom stereocenters. The van der Waals surface area contributed by atoms with Crippen molar-refractivity contribution in [1.82, 2.24) is 10.3 Å². The summed E-state index contributed by atoms with van der Waals surface area (Å²) in [5.41, 5.74) is 2.64. The molecule has 3 heteroatoms. The van der Waals surface area contributed by atoms with Gasteiger partial charge in [-0.05, 0) is 49.9 Å². The summed E-state index contributed by atoms with van der Waals surface area (Å²) in [7, 11) is 0. The SMILES string of the molecule is CC(Cc1ccco1)NC1CCCc2cccnc21. The number of hydrogen-bond acceptors (Lipinski definition) is 3. The Hall–Kier alpha value is -1.61. The van der Waals surface area contributed by atoms with E-state index >= 15 is 0 Å². The number of rotatable bonds is 4. The highest BCUT2D eigenvalue weighted by atomic mass is 16.3. The molecule has 2 aromatic rings. The first-order chi connectivity index (χ1) is 9.33. The first-order valence-electron chi connectivity index (χ1n) is 7.05. The Kier molecular flexibility index (Phi) is 3.65. The van der Waals surface area contributed by atoms with E-state index in [1.165, 1.54) is 24.1 Å². The molecule has 1 N–H and O–H groups in total. The van der Waals surface area contributed by atoms with E-state index in [1.54, 1.807) is 6.26 Å². The molecule has 0 radical (unpaired) electrons. The van der Waals surface area contributed by atoms with Gasteiger partial charge in [0, 0.05) is 24.7 Å². The molecule has 0 amide bonds. The number of nitrogens with one attached hydrogen (secondary N) is 1. The largest absolute Gasteiger partial charge is 0.469 e. The van der Waals surface area contributed by atoms with E-state index in [0.717, 1.165) is 18.6 Å². The molecule has 0 fully saturated rings. The molecule has 0 aliphatic heterocycles. The Morgan fingerprint density at radius 3 is 3.21 bits per heavy atom. The van der Waals surface area contributed by atoms with Crippen LogP contribution in [-0.4, -0.2) is 11.0 Å². The Balaban J connectivity index is 1.67. The van der Waals surface area contributed by atoms with E-state index in [2.05, 4.69) is 23.3 Å². The lowest BCUT2D eigenvalue weighted by molar-refractivity contribution is 0.380. The highest BCUT2D eigenvalue weighted by molar-refractivity contribution is 5.25. The average molecular weight is 256 g/mol. The van der Waals surface area contributed by atoms with Gasteiger partial charge in [0.1, 0.15) is 5.76 Å². The van der Waals surface area contributed by atoms with Crippen molar-refractivity contribution in [2.24, 2.45) is 0 Å². The second-order valence-corrected chi connectivity index (χ2v) is 5.34. The van der Waals surface area contributed by atoms with Gasteiger partial charge < -0.3 is 9.73 Å². The highest BCUT2D eigenvalue weighted by Gasteiger charge is 2.22. The van der Waals surface area contributed by atoms with Gasteiger partial charge >= 0.3 is 0 Å². The second kappa shape index (κ2) is 5.57. The van der Waals surface area contributed by atoms with Crippen molar-refractivity contribution >= 4 is 0 Å². The topological polar surface area (TPSA) is 38.1 Å². The van der Waals surface area contributed by atoms with E-state index in [0.29, 0.717) is 12.1 Å². The Morgan fingerprint density at radius 1 is 1.42 bits per heavy atom. The van der Waals surface area contributed by atoms with Gasteiger partial charge in [-0.15, -0.1) is 0 Å². The van der Waals surface area contributed by atoms with Crippen molar-refractivity contribution in [1.29, 1.82) is 0 Å². The van der Waals surface area contributed by atoms with Crippen molar-refractivity contribution in [3.8, 4) is 0 Å². The van der Waals surface area contributed by atoms with E-state index in [1.807, 2.05) is 24.4 Å². The van der Waals surface area contributed by atoms with Crippen molar-refractivity contribution in [3.05, 3.63) is 53.7 Å². The third kappa shape index (κ3) is 2.87. The maximum absolute atomic E-state index is 5.41. The van der Waals surface area contributed by atoms with Gasteiger partial charge in [-0.1, -0.05) is 6.07 Å². The summed E-state index contributed by atoms with van der Waals surface area (Å²) in [6.07, 6.45) is 8.13. The molecule has 0 saturated heterocycles. The molecular weight excluding hydrogens is 236 g/mol. The minimum absolute atomic E-state index is 0.384. The third-order valence-electron chi connectivity index (χ3n) is 3.77. The van der Waals surface area contributed by atoms with Gasteiger partial charge in [-0.25, -0.2) is 0 Å². The van der Waals surface area contributed by atoms with Gasteiger partial charge in [0.25, 0.3) is 0 Å². The quantitative estimate of drug-likeness (QED) is 0.912. The van der Waals surface area contributed by atoms with E-state index in [4.69, 9.17) is 4.42 Å². The minimum Gasteiger partial charge on any atom is -0.469 e. The minimum atomic E-state index is 0.384. The molecule has 2 unspecified atom stereocenters. The number of fused-ring (bicyclic) bond motifs is 1. The first kappa shape index (κ1) is 12.4. The predicted octanol–water partition coefficient (Wildman–Crippen LogP) is 3.27. The molecule has 100 valence electrons. The second-order valence-electron chi connectivity index (χ2n) is 5.34. The zero-order valence-electron chi connectivity index (χ0n) is 11.3. The highest BCUT2D eigenvalue weighted by Crippen LogP contribution is 2.28. The smallest absolute Gasteiger partial charge is 0.105 e. The van der Waals surface area contributed by atoms with Gasteiger partial charge in [-0.3, -0.25) is 4.98 Å². The number of pyridine rings is 1. The summed E-state index contributed by atoms with van der Waals surface area (Å²) >= 11 is 0. The lowest BCUT2D eigenvalue weighted by Crippen LogP contribution is -2.34. The number of aromatic nitrogens is 1. The number of hydrogen-bond donors (Lipinski definition) is 1. The van der Waals surface area contributed by atoms with Crippen molar-refractivity contribution in [2.45, 2.75) is 44.7 Å². The summed E-state index contributed by atoms with van der Waals surface area (Å²) in [5, 5.41) is 3.69. The number of aryl methyl sites for hydroxylation is 1. The van der Waals surface area contributed by atoms with Crippen molar-refractivity contribution in [2.75, 3.05) is 0 Å². The van der Waals surface area contributed by atoms with E-state index < -0.39 is 0 Å². The monoisotopic (exact) mass is 256 g/mol. The molecule has 0 aromatic carbocycles. The average Bonchev–Trinajstić information content (AvgIpc) is 2.92. The Bertz CT molecular complexity index is 521. The maximum Gasteiger partial charge on any atom is 0.105 e. The van der Waals surface area contributed by atoms with E-state index in [-0.39, 0.29) is 0 Å². The maximum atomic E-state index is 5.41. The van der Waals surface area contributed by atoms with Crippen LogP contribution in [0.4, 0.5) is 0 Å². The summed E-state index contributed by atoms with van der Waals surface area (Å²) in [4.78, 5) is 4.56. The fourth-order valence-corrected chi connectivity index (χ4v) is 2.90. The number of furan rings is 1. The molecule has 1 aliphatic carbocycles. The lowest BCUT2D eigenvalue weighted by atomic mass is 9.91. The lowest BCUT2D eigenvalue weighted by Gasteiger charge is -2.28. The standard InChI is InChI=1S/C16H20N2O/c1-12(11-14-7-4-10-19-14)18-15-8-2-5-13-6-3-9-17-16(13)15/h3-4,6-7,9-10,12,15,18H,2,5,8,11H2,1H3. The molecule has 3 rings (SSSR count). The molecule has 0 saturated carbocycles. The van der Waals surface area contributed by atoms with Crippen LogP contribution in [0.5, 0.6) is 0 Å². The van der Waals surface area contributed by atoms with Crippen LogP contribution in [0.25, 0.3) is 0 Å². The van der Waals surface area contributed by atoms with Crippen LogP contribution in [0.2, 0.25) is 0 Å². The summed E-state index contributed by atoms with van der Waals surface area (Å²) in [5.74, 6) is 1.04. The predicted molar refractivity (Wildman–Crippen MR) is 74.9 cm³/mol. The first-order valence-corrected chi connectivity index (χ1v) is 7.05. The van der Waals surface area contributed by atoms with Crippen LogP contribution < -0.4 is 5.32 Å². The Labute approximate surface area is 114 Å². The molecule has 0 spiro atoms. The van der Waals surface area contributed by atoms with Crippen LogP contribution in [0, 0.1) is 0 Å². The zero-order chi connectivity index (χ0) is 13.1. The molecule has 1 aliphatic rings. The summed E-state index contributed by atoms with van der Waals surface area (Å²) in [6.45, 7) is 2.21. The van der Waals surface area contributed by atoms with Gasteiger partial charge in [0.05, 0.1) is 12.0 Å². The van der Waals surface area contributed by atoms with Crippen molar-refractivity contribution < 1.29 is 4.42 Å². The van der Waals surface area contributed by atoms with Crippen LogP contribution in [0.15, 0.2) is 41.1 Å². The van der Waals surface area contributed by atoms with Gasteiger partial charge in [-0.2, -0.15) is 0 Å². The van der Waals surface area contributed by atoms with Crippen molar-refractivity contribution in [3.63, 3.8) is 0 Å². The van der Waals surface area contributed by atoms with Crippen LogP contribution in [-0.2, 0) is 12.8 Å². The molecular formula is C16H20N2O. The van der Waals surface area contributed by atoms with Gasteiger partial charge in [0.2, 0.25) is 0 Å². The van der Waals surface area contributed by atoms with E-state index in [9.17, 15) is 0 Å². The van der Waals surface area contributed by atoms with Crippen LogP contribution >= 0.6 is 0 Å². The molecule has 19 heavy (non-hydrogen) atoms. The Morgan fingerprint density at radius 2 is 2.37 bits per heavy atom.